The van der Waals surface area contributed by atoms with Gasteiger partial charge in [-0.15, -0.1) is 0 Å². The van der Waals surface area contributed by atoms with Crippen LogP contribution in [-0.4, -0.2) is 82.4 Å². The fourth-order valence-electron chi connectivity index (χ4n) is 5.73. The molecule has 2 amide bonds. The molecule has 3 fully saturated rings. The van der Waals surface area contributed by atoms with Crippen LogP contribution in [0.4, 0.5) is 18.9 Å². The summed E-state index contributed by atoms with van der Waals surface area (Å²) in [6.07, 6.45) is -5.03. The lowest BCUT2D eigenvalue weighted by atomic mass is 9.99. The minimum absolute atomic E-state index is 0.0705. The Bertz CT molecular complexity index is 1230. The Morgan fingerprint density at radius 2 is 1.80 bits per heavy atom. The second kappa shape index (κ2) is 12.5. The second-order valence-corrected chi connectivity index (χ2v) is 10.8. The Kier molecular flexibility index (Phi) is 8.95. The van der Waals surface area contributed by atoms with Gasteiger partial charge in [-0.25, -0.2) is 0 Å². The predicted molar refractivity (Wildman–Crippen MR) is 141 cm³/mol. The van der Waals surface area contributed by atoms with E-state index in [1.807, 2.05) is 24.3 Å². The van der Waals surface area contributed by atoms with E-state index in [9.17, 15) is 33.0 Å². The van der Waals surface area contributed by atoms with Gasteiger partial charge in [0.15, 0.2) is 6.29 Å². The average molecular weight is 578 g/mol. The molecule has 3 N–H and O–H groups in total. The van der Waals surface area contributed by atoms with Crippen molar-refractivity contribution in [3.05, 3.63) is 65.2 Å². The maximum atomic E-state index is 13.0. The fourth-order valence-corrected chi connectivity index (χ4v) is 5.73. The number of amides is 2. The third-order valence-corrected chi connectivity index (χ3v) is 7.81. The Hall–Kier alpha value is -3.03. The molecule has 0 radical (unpaired) electrons. The molecule has 9 nitrogen and oxygen atoms in total. The standard InChI is InChI=1S/C29H34F3N3O6/c30-29(31,32)28(39)35-11-2-5-24(35)26(38)33-21-4-1-3-20(13-21)27-40-23(16-34-12-10-22(37)15-34)14-25(41-27)19-8-6-18(17-36)7-9-19/h1,3-4,6-9,13,22-25,27,36-37H,2,5,10-12,14-17H2,(H,33,38). The number of halogens is 3. The molecule has 3 saturated heterocycles. The molecule has 0 aromatic heterocycles. The quantitative estimate of drug-likeness (QED) is 0.463. The van der Waals surface area contributed by atoms with Gasteiger partial charge in [-0.3, -0.25) is 14.5 Å². The first-order valence-electron chi connectivity index (χ1n) is 13.8. The normalized spacial score (nSPS) is 27.2. The SMILES string of the molecule is O=C(Nc1cccc(C2OC(CN3CCC(O)C3)CC(c3ccc(CO)cc3)O2)c1)C1CCCN1C(=O)C(F)(F)F. The topological polar surface area (TPSA) is 112 Å². The molecule has 3 heterocycles. The third-order valence-electron chi connectivity index (χ3n) is 7.81. The summed E-state index contributed by atoms with van der Waals surface area (Å²) in [5, 5.41) is 22.0. The van der Waals surface area contributed by atoms with Crippen LogP contribution in [0.3, 0.4) is 0 Å². The van der Waals surface area contributed by atoms with Crippen LogP contribution in [0, 0.1) is 0 Å². The maximum Gasteiger partial charge on any atom is 0.471 e. The molecular formula is C29H34F3N3O6. The van der Waals surface area contributed by atoms with E-state index >= 15 is 0 Å². The first-order valence-corrected chi connectivity index (χ1v) is 13.8. The molecule has 0 bridgehead atoms. The molecule has 2 aromatic rings. The number of carbonyl (C=O) groups excluding carboxylic acids is 2. The molecule has 0 aliphatic carbocycles. The number of nitrogens with one attached hydrogen (secondary N) is 1. The molecule has 5 atom stereocenters. The smallest absolute Gasteiger partial charge is 0.392 e. The molecular weight excluding hydrogens is 543 g/mol. The van der Waals surface area contributed by atoms with E-state index in [2.05, 4.69) is 10.2 Å². The zero-order valence-corrected chi connectivity index (χ0v) is 22.4. The van der Waals surface area contributed by atoms with Crippen molar-refractivity contribution in [1.82, 2.24) is 9.80 Å². The van der Waals surface area contributed by atoms with Crippen LogP contribution in [0.2, 0.25) is 0 Å². The van der Waals surface area contributed by atoms with Gasteiger partial charge < -0.3 is 29.9 Å². The number of β-amino-alcohol motifs (C(OH)–C–C–N with tert-alkyl or cyclic N) is 1. The Balaban J connectivity index is 1.32. The van der Waals surface area contributed by atoms with E-state index in [0.717, 1.165) is 17.7 Å². The van der Waals surface area contributed by atoms with Crippen molar-refractivity contribution < 1.29 is 42.4 Å². The van der Waals surface area contributed by atoms with Crippen molar-refractivity contribution in [3.63, 3.8) is 0 Å². The van der Waals surface area contributed by atoms with Gasteiger partial charge in [0.05, 0.1) is 24.9 Å². The monoisotopic (exact) mass is 577 g/mol. The number of hydrogen-bond donors (Lipinski definition) is 3. The number of aliphatic hydroxyl groups is 2. The molecule has 41 heavy (non-hydrogen) atoms. The van der Waals surface area contributed by atoms with Gasteiger partial charge in [-0.05, 0) is 42.5 Å². The summed E-state index contributed by atoms with van der Waals surface area (Å²) < 4.78 is 51.7. The molecule has 5 unspecified atom stereocenters. The molecule has 0 saturated carbocycles. The van der Waals surface area contributed by atoms with E-state index in [0.29, 0.717) is 48.5 Å². The van der Waals surface area contributed by atoms with Crippen LogP contribution in [-0.2, 0) is 25.7 Å². The van der Waals surface area contributed by atoms with Crippen molar-refractivity contribution in [1.29, 1.82) is 0 Å². The lowest BCUT2D eigenvalue weighted by molar-refractivity contribution is -0.252. The van der Waals surface area contributed by atoms with Crippen LogP contribution in [0.5, 0.6) is 0 Å². The van der Waals surface area contributed by atoms with E-state index in [-0.39, 0.29) is 37.9 Å². The van der Waals surface area contributed by atoms with Crippen LogP contribution < -0.4 is 5.32 Å². The van der Waals surface area contributed by atoms with E-state index in [1.54, 1.807) is 24.3 Å². The van der Waals surface area contributed by atoms with Crippen LogP contribution in [0.1, 0.15) is 54.8 Å². The van der Waals surface area contributed by atoms with E-state index in [1.165, 1.54) is 0 Å². The zero-order valence-electron chi connectivity index (χ0n) is 22.4. The molecule has 3 aliphatic heterocycles. The molecule has 12 heteroatoms. The number of nitrogens with zero attached hydrogens (tertiary/aromatic N) is 2. The average Bonchev–Trinajstić information content (AvgIpc) is 3.61. The summed E-state index contributed by atoms with van der Waals surface area (Å²) in [4.78, 5) is 27.5. The number of alkyl halides is 3. The molecule has 3 aliphatic rings. The number of carbonyl (C=O) groups is 2. The first kappa shape index (κ1) is 29.5. The van der Waals surface area contributed by atoms with Crippen molar-refractivity contribution in [2.75, 3.05) is 31.5 Å². The van der Waals surface area contributed by atoms with Crippen LogP contribution in [0.25, 0.3) is 0 Å². The second-order valence-electron chi connectivity index (χ2n) is 10.8. The van der Waals surface area contributed by atoms with Crippen molar-refractivity contribution >= 4 is 17.5 Å². The highest BCUT2D eigenvalue weighted by molar-refractivity contribution is 5.98. The van der Waals surface area contributed by atoms with Gasteiger partial charge in [0.2, 0.25) is 5.91 Å². The highest BCUT2D eigenvalue weighted by Gasteiger charge is 2.47. The molecule has 2 aromatic carbocycles. The van der Waals surface area contributed by atoms with Crippen LogP contribution in [0.15, 0.2) is 48.5 Å². The van der Waals surface area contributed by atoms with Gasteiger partial charge >= 0.3 is 12.1 Å². The Morgan fingerprint density at radius 1 is 1.02 bits per heavy atom. The largest absolute Gasteiger partial charge is 0.471 e. The van der Waals surface area contributed by atoms with E-state index < -0.39 is 30.3 Å². The van der Waals surface area contributed by atoms with Gasteiger partial charge in [0.1, 0.15) is 6.04 Å². The fraction of sp³-hybridized carbons (Fsp3) is 0.517. The summed E-state index contributed by atoms with van der Waals surface area (Å²) in [6, 6.07) is 13.0. The molecule has 222 valence electrons. The summed E-state index contributed by atoms with van der Waals surface area (Å²) >= 11 is 0. The van der Waals surface area contributed by atoms with Crippen molar-refractivity contribution in [2.24, 2.45) is 0 Å². The van der Waals surface area contributed by atoms with Crippen molar-refractivity contribution in [3.8, 4) is 0 Å². The number of aliphatic hydroxyl groups excluding tert-OH is 2. The summed E-state index contributed by atoms with van der Waals surface area (Å²) in [7, 11) is 0. The Labute approximate surface area is 235 Å². The zero-order chi connectivity index (χ0) is 29.1. The number of ether oxygens (including phenoxy) is 2. The number of anilines is 1. The summed E-state index contributed by atoms with van der Waals surface area (Å²) in [6.45, 7) is 1.73. The first-order chi connectivity index (χ1) is 19.6. The minimum Gasteiger partial charge on any atom is -0.392 e. The van der Waals surface area contributed by atoms with Gasteiger partial charge in [-0.2, -0.15) is 13.2 Å². The number of benzene rings is 2. The summed E-state index contributed by atoms with van der Waals surface area (Å²) in [5.74, 6) is -2.70. The van der Waals surface area contributed by atoms with Crippen molar-refractivity contribution in [2.45, 2.75) is 69.1 Å². The maximum absolute atomic E-state index is 13.0. The Morgan fingerprint density at radius 3 is 2.49 bits per heavy atom. The third kappa shape index (κ3) is 7.07. The number of rotatable bonds is 7. The van der Waals surface area contributed by atoms with Crippen LogP contribution >= 0.6 is 0 Å². The van der Waals surface area contributed by atoms with Gasteiger partial charge in [0.25, 0.3) is 0 Å². The number of hydrogen-bond acceptors (Lipinski definition) is 7. The number of likely N-dealkylation sites (tertiary alicyclic amines) is 2. The highest BCUT2D eigenvalue weighted by Crippen LogP contribution is 2.39. The highest BCUT2D eigenvalue weighted by atomic mass is 19.4. The summed E-state index contributed by atoms with van der Waals surface area (Å²) in [5.41, 5.74) is 2.66. The van der Waals surface area contributed by atoms with Gasteiger partial charge in [0, 0.05) is 43.9 Å². The molecule has 0 spiro atoms. The predicted octanol–water partition coefficient (Wildman–Crippen LogP) is 3.28. The van der Waals surface area contributed by atoms with E-state index in [4.69, 9.17) is 9.47 Å². The molecule has 5 rings (SSSR count). The lowest BCUT2D eigenvalue weighted by Crippen LogP contribution is -2.48. The van der Waals surface area contributed by atoms with Gasteiger partial charge in [-0.1, -0.05) is 36.4 Å². The minimum atomic E-state index is -5.04. The lowest BCUT2D eigenvalue weighted by Gasteiger charge is -2.38.